The molecular formula is C24H22N2O4S. The minimum absolute atomic E-state index is 0.534. The molecule has 3 heterocycles. The van der Waals surface area contributed by atoms with Crippen molar-refractivity contribution in [2.75, 3.05) is 27.4 Å². The van der Waals surface area contributed by atoms with Gasteiger partial charge in [0.2, 0.25) is 0 Å². The van der Waals surface area contributed by atoms with E-state index in [0.717, 1.165) is 33.3 Å². The van der Waals surface area contributed by atoms with Gasteiger partial charge < -0.3 is 23.5 Å². The van der Waals surface area contributed by atoms with Crippen LogP contribution in [-0.2, 0) is 6.54 Å². The maximum Gasteiger partial charge on any atom is 0.181 e. The molecule has 0 saturated heterocycles. The van der Waals surface area contributed by atoms with Crippen LogP contribution in [0.15, 0.2) is 60.2 Å². The highest BCUT2D eigenvalue weighted by Crippen LogP contribution is 2.48. The Morgan fingerprint density at radius 1 is 1.00 bits per heavy atom. The molecule has 1 aliphatic rings. The molecule has 0 bridgehead atoms. The summed E-state index contributed by atoms with van der Waals surface area (Å²) in [5.74, 6) is 2.99. The largest absolute Gasteiger partial charge is 0.497 e. The quantitative estimate of drug-likeness (QED) is 0.422. The molecule has 158 valence electrons. The lowest BCUT2D eigenvalue weighted by Gasteiger charge is -2.17. The highest BCUT2D eigenvalue weighted by atomic mass is 32.1. The van der Waals surface area contributed by atoms with E-state index in [4.69, 9.17) is 23.9 Å². The van der Waals surface area contributed by atoms with Gasteiger partial charge in [-0.2, -0.15) is 0 Å². The lowest BCUT2D eigenvalue weighted by atomic mass is 10.1. The van der Waals surface area contributed by atoms with Gasteiger partial charge in [-0.1, -0.05) is 30.3 Å². The second kappa shape index (κ2) is 8.35. The highest BCUT2D eigenvalue weighted by Gasteiger charge is 2.26. The van der Waals surface area contributed by atoms with Gasteiger partial charge in [0.1, 0.15) is 24.7 Å². The number of thiophene rings is 1. The predicted molar refractivity (Wildman–Crippen MR) is 121 cm³/mol. The molecule has 0 spiro atoms. The summed E-state index contributed by atoms with van der Waals surface area (Å²) in [5.41, 5.74) is 3.93. The van der Waals surface area contributed by atoms with E-state index < -0.39 is 0 Å². The fourth-order valence-corrected chi connectivity index (χ4v) is 4.69. The van der Waals surface area contributed by atoms with Gasteiger partial charge in [-0.3, -0.25) is 0 Å². The first kappa shape index (κ1) is 19.5. The molecule has 0 aliphatic carbocycles. The Balaban J connectivity index is 1.68. The Labute approximate surface area is 184 Å². The van der Waals surface area contributed by atoms with E-state index in [2.05, 4.69) is 16.7 Å². The van der Waals surface area contributed by atoms with Crippen molar-refractivity contribution in [2.45, 2.75) is 6.54 Å². The van der Waals surface area contributed by atoms with Crippen molar-refractivity contribution < 1.29 is 18.9 Å². The van der Waals surface area contributed by atoms with Crippen molar-refractivity contribution in [1.29, 1.82) is 0 Å². The van der Waals surface area contributed by atoms with Crippen LogP contribution in [0.4, 0.5) is 0 Å². The smallest absolute Gasteiger partial charge is 0.181 e. The molecule has 4 aromatic rings. The number of hydrogen-bond donors (Lipinski definition) is 0. The fraction of sp³-hybridized carbons (Fsp3) is 0.208. The van der Waals surface area contributed by atoms with Crippen LogP contribution < -0.4 is 18.9 Å². The summed E-state index contributed by atoms with van der Waals surface area (Å²) in [6, 6.07) is 16.1. The Hall–Kier alpha value is -3.45. The van der Waals surface area contributed by atoms with Crippen LogP contribution in [0.5, 0.6) is 23.0 Å². The molecule has 2 aromatic carbocycles. The zero-order chi connectivity index (χ0) is 21.2. The summed E-state index contributed by atoms with van der Waals surface area (Å²) in [5, 5.41) is 2.00. The SMILES string of the molecule is COc1cc(OC)cc(-c2ncn(Cc3ccccc3)c2-c2scc3c2OCCO3)c1. The van der Waals surface area contributed by atoms with Crippen LogP contribution in [0.2, 0.25) is 0 Å². The second-order valence-electron chi connectivity index (χ2n) is 7.11. The van der Waals surface area contributed by atoms with Gasteiger partial charge in [-0.05, 0) is 17.7 Å². The lowest BCUT2D eigenvalue weighted by Crippen LogP contribution is -2.14. The topological polar surface area (TPSA) is 54.7 Å². The Bertz CT molecular complexity index is 1180. The van der Waals surface area contributed by atoms with Gasteiger partial charge in [0.15, 0.2) is 11.5 Å². The molecule has 0 atom stereocenters. The zero-order valence-electron chi connectivity index (χ0n) is 17.3. The van der Waals surface area contributed by atoms with Gasteiger partial charge in [0, 0.05) is 23.6 Å². The molecule has 5 rings (SSSR count). The van der Waals surface area contributed by atoms with Crippen molar-refractivity contribution in [1.82, 2.24) is 9.55 Å². The Morgan fingerprint density at radius 2 is 1.74 bits per heavy atom. The molecule has 0 N–H and O–H groups in total. The zero-order valence-corrected chi connectivity index (χ0v) is 18.1. The van der Waals surface area contributed by atoms with Crippen molar-refractivity contribution in [3.8, 4) is 44.8 Å². The molecule has 6 nitrogen and oxygen atoms in total. The maximum absolute atomic E-state index is 6.00. The third-order valence-corrected chi connectivity index (χ3v) is 6.12. The first-order valence-corrected chi connectivity index (χ1v) is 10.8. The van der Waals surface area contributed by atoms with E-state index in [1.165, 1.54) is 5.56 Å². The van der Waals surface area contributed by atoms with Crippen molar-refractivity contribution in [3.05, 3.63) is 65.8 Å². The first-order chi connectivity index (χ1) is 15.3. The molecule has 31 heavy (non-hydrogen) atoms. The van der Waals surface area contributed by atoms with Crippen LogP contribution in [0.25, 0.3) is 21.8 Å². The van der Waals surface area contributed by atoms with Crippen LogP contribution in [0.3, 0.4) is 0 Å². The standard InChI is InChI=1S/C24H22N2O4S/c1-27-18-10-17(11-19(12-18)28-2)21-22(24-23-20(14-31-24)29-8-9-30-23)26(15-25-21)13-16-6-4-3-5-7-16/h3-7,10-12,14-15H,8-9,13H2,1-2H3. The van der Waals surface area contributed by atoms with E-state index in [1.54, 1.807) is 25.6 Å². The highest BCUT2D eigenvalue weighted by molar-refractivity contribution is 7.14. The summed E-state index contributed by atoms with van der Waals surface area (Å²) in [6.45, 7) is 1.79. The minimum atomic E-state index is 0.534. The van der Waals surface area contributed by atoms with E-state index in [0.29, 0.717) is 31.3 Å². The minimum Gasteiger partial charge on any atom is -0.497 e. The fourth-order valence-electron chi connectivity index (χ4n) is 3.70. The lowest BCUT2D eigenvalue weighted by molar-refractivity contribution is 0.174. The van der Waals surface area contributed by atoms with Crippen LogP contribution in [0.1, 0.15) is 5.56 Å². The maximum atomic E-state index is 6.00. The molecule has 0 unspecified atom stereocenters. The van der Waals surface area contributed by atoms with Gasteiger partial charge >= 0.3 is 0 Å². The van der Waals surface area contributed by atoms with Crippen LogP contribution in [-0.4, -0.2) is 37.0 Å². The van der Waals surface area contributed by atoms with Crippen molar-refractivity contribution in [3.63, 3.8) is 0 Å². The number of imidazole rings is 1. The summed E-state index contributed by atoms with van der Waals surface area (Å²) < 4.78 is 24.9. The van der Waals surface area contributed by atoms with E-state index in [-0.39, 0.29) is 0 Å². The molecule has 0 amide bonds. The predicted octanol–water partition coefficient (Wildman–Crippen LogP) is 5.12. The van der Waals surface area contributed by atoms with Crippen molar-refractivity contribution >= 4 is 11.3 Å². The first-order valence-electron chi connectivity index (χ1n) is 9.96. The molecule has 7 heteroatoms. The van der Waals surface area contributed by atoms with E-state index in [1.807, 2.05) is 48.1 Å². The van der Waals surface area contributed by atoms with Gasteiger partial charge in [0.05, 0.1) is 36.8 Å². The summed E-state index contributed by atoms with van der Waals surface area (Å²) in [6.07, 6.45) is 1.87. The average molecular weight is 435 g/mol. The number of methoxy groups -OCH3 is 2. The van der Waals surface area contributed by atoms with E-state index >= 15 is 0 Å². The molecule has 0 fully saturated rings. The number of aromatic nitrogens is 2. The number of benzene rings is 2. The Kier molecular flexibility index (Phi) is 5.26. The number of hydrogen-bond acceptors (Lipinski definition) is 6. The molecule has 2 aromatic heterocycles. The summed E-state index contributed by atoms with van der Waals surface area (Å²) in [4.78, 5) is 5.80. The Morgan fingerprint density at radius 3 is 2.48 bits per heavy atom. The summed E-state index contributed by atoms with van der Waals surface area (Å²) in [7, 11) is 3.29. The molecular weight excluding hydrogens is 412 g/mol. The van der Waals surface area contributed by atoms with Crippen LogP contribution >= 0.6 is 11.3 Å². The van der Waals surface area contributed by atoms with E-state index in [9.17, 15) is 0 Å². The normalized spacial score (nSPS) is 12.6. The number of nitrogens with zero attached hydrogens (tertiary/aromatic N) is 2. The monoisotopic (exact) mass is 434 g/mol. The number of fused-ring (bicyclic) bond motifs is 1. The van der Waals surface area contributed by atoms with Gasteiger partial charge in [-0.25, -0.2) is 4.98 Å². The third kappa shape index (κ3) is 3.72. The molecule has 0 saturated carbocycles. The number of ether oxygens (including phenoxy) is 4. The van der Waals surface area contributed by atoms with Gasteiger partial charge in [-0.15, -0.1) is 11.3 Å². The summed E-state index contributed by atoms with van der Waals surface area (Å²) >= 11 is 1.60. The molecule has 1 aliphatic heterocycles. The average Bonchev–Trinajstić information content (AvgIpc) is 3.43. The molecule has 0 radical (unpaired) electrons. The third-order valence-electron chi connectivity index (χ3n) is 5.17. The number of rotatable bonds is 6. The second-order valence-corrected chi connectivity index (χ2v) is 7.99. The van der Waals surface area contributed by atoms with Crippen LogP contribution in [0, 0.1) is 0 Å². The van der Waals surface area contributed by atoms with Crippen molar-refractivity contribution in [2.24, 2.45) is 0 Å². The van der Waals surface area contributed by atoms with Gasteiger partial charge in [0.25, 0.3) is 0 Å².